The van der Waals surface area contributed by atoms with Crippen LogP contribution in [0.1, 0.15) is 61.4 Å². The molecule has 2 aromatic carbocycles. The van der Waals surface area contributed by atoms with Gasteiger partial charge in [-0.05, 0) is 68.6 Å². The van der Waals surface area contributed by atoms with Gasteiger partial charge in [0.2, 0.25) is 5.91 Å². The number of amides is 1. The topological polar surface area (TPSA) is 205 Å². The normalized spacial score (nSPS) is 12.2. The van der Waals surface area contributed by atoms with Crippen LogP contribution in [0.15, 0.2) is 54.6 Å². The predicted molar refractivity (Wildman–Crippen MR) is 149 cm³/mol. The van der Waals surface area contributed by atoms with Gasteiger partial charge in [-0.1, -0.05) is 37.3 Å². The van der Waals surface area contributed by atoms with Crippen molar-refractivity contribution in [1.29, 1.82) is 0 Å². The number of esters is 2. The largest absolute Gasteiger partial charge is 0.480 e. The van der Waals surface area contributed by atoms with Gasteiger partial charge in [0, 0.05) is 17.7 Å². The minimum absolute atomic E-state index is 0.00588. The number of nitrogens with one attached hydrogen (secondary N) is 1. The number of hydrogen-bond donors (Lipinski definition) is 5. The van der Waals surface area contributed by atoms with Crippen LogP contribution in [-0.4, -0.2) is 54.3 Å². The first kappa shape index (κ1) is 35.1. The summed E-state index contributed by atoms with van der Waals surface area (Å²) in [6.07, 6.45) is 4.78. The van der Waals surface area contributed by atoms with Gasteiger partial charge in [0.05, 0.1) is 12.8 Å². The number of anilines is 1. The van der Waals surface area contributed by atoms with Gasteiger partial charge in [0.25, 0.3) is 0 Å². The van der Waals surface area contributed by atoms with Gasteiger partial charge in [0.1, 0.15) is 12.3 Å². The molecule has 0 unspecified atom stereocenters. The Kier molecular flexibility index (Phi) is 19.9. The van der Waals surface area contributed by atoms with E-state index in [0.29, 0.717) is 31.4 Å². The molecule has 3 rings (SSSR count). The van der Waals surface area contributed by atoms with Gasteiger partial charge in [0.15, 0.2) is 0 Å². The van der Waals surface area contributed by atoms with Gasteiger partial charge >= 0.3 is 17.9 Å². The van der Waals surface area contributed by atoms with Crippen LogP contribution in [0.3, 0.4) is 0 Å². The van der Waals surface area contributed by atoms with Crippen LogP contribution in [-0.2, 0) is 30.3 Å². The number of nitrogens with two attached hydrogens (primary N) is 3. The fourth-order valence-corrected chi connectivity index (χ4v) is 2.80. The van der Waals surface area contributed by atoms with Crippen molar-refractivity contribution >= 4 is 35.8 Å². The second-order valence-corrected chi connectivity index (χ2v) is 8.28. The molecule has 1 atom stereocenters. The van der Waals surface area contributed by atoms with Crippen LogP contribution in [0, 0.1) is 0 Å². The molecule has 0 radical (unpaired) electrons. The van der Waals surface area contributed by atoms with Crippen molar-refractivity contribution in [3.63, 3.8) is 0 Å². The van der Waals surface area contributed by atoms with Crippen molar-refractivity contribution in [2.45, 2.75) is 57.9 Å². The Balaban J connectivity index is 0.000000511. The number of carbonyl (C=O) groups is 5. The van der Waals surface area contributed by atoms with Crippen molar-refractivity contribution in [3.05, 3.63) is 65.7 Å². The van der Waals surface area contributed by atoms with Gasteiger partial charge in [-0.2, -0.15) is 0 Å². The van der Waals surface area contributed by atoms with Gasteiger partial charge in [-0.3, -0.25) is 24.0 Å². The van der Waals surface area contributed by atoms with Crippen molar-refractivity contribution in [2.24, 2.45) is 17.2 Å². The smallest absolute Gasteiger partial charge is 0.320 e. The van der Waals surface area contributed by atoms with Crippen LogP contribution in [0.4, 0.5) is 5.69 Å². The lowest BCUT2D eigenvalue weighted by Crippen LogP contribution is -2.30. The monoisotopic (exact) mass is 544 g/mol. The molecule has 0 bridgehead atoms. The van der Waals surface area contributed by atoms with E-state index in [1.807, 2.05) is 25.1 Å². The number of carboxylic acid groups (broad SMARTS) is 1. The molecule has 0 aliphatic carbocycles. The molecule has 0 spiro atoms. The summed E-state index contributed by atoms with van der Waals surface area (Å²) in [7, 11) is 0. The summed E-state index contributed by atoms with van der Waals surface area (Å²) in [6.45, 7) is 3.19. The fourth-order valence-electron chi connectivity index (χ4n) is 2.80. The van der Waals surface area contributed by atoms with Crippen LogP contribution < -0.4 is 22.5 Å². The van der Waals surface area contributed by atoms with Crippen LogP contribution in [0.2, 0.25) is 0 Å². The van der Waals surface area contributed by atoms with Gasteiger partial charge in [-0.15, -0.1) is 0 Å². The fraction of sp³-hybridized carbons (Fsp3) is 0.393. The Bertz CT molecular complexity index is 985. The molecule has 0 aromatic heterocycles. The first-order valence-electron chi connectivity index (χ1n) is 12.7. The number of ether oxygens (including phenoxy) is 1. The molecular weight excluding hydrogens is 504 g/mol. The number of carboxylic acids is 1. The van der Waals surface area contributed by atoms with E-state index in [-0.39, 0.29) is 18.7 Å². The summed E-state index contributed by atoms with van der Waals surface area (Å²) in [5.74, 6) is -1.75. The Morgan fingerprint density at radius 2 is 1.59 bits per heavy atom. The summed E-state index contributed by atoms with van der Waals surface area (Å²) >= 11 is 0. The zero-order valence-electron chi connectivity index (χ0n) is 22.3. The minimum atomic E-state index is -0.955. The van der Waals surface area contributed by atoms with E-state index in [1.165, 1.54) is 5.56 Å². The number of aldehydes is 1. The maximum Gasteiger partial charge on any atom is 0.320 e. The number of hydrogen-bond acceptors (Lipinski definition) is 9. The molecule has 11 heteroatoms. The lowest BCUT2D eigenvalue weighted by Gasteiger charge is -2.03. The van der Waals surface area contributed by atoms with Crippen molar-refractivity contribution < 1.29 is 33.8 Å². The van der Waals surface area contributed by atoms with E-state index in [4.69, 9.17) is 22.3 Å². The van der Waals surface area contributed by atoms with Gasteiger partial charge < -0.3 is 32.4 Å². The predicted octanol–water partition coefficient (Wildman–Crippen LogP) is 2.41. The molecule has 214 valence electrons. The first-order valence-corrected chi connectivity index (χ1v) is 12.7. The number of carbonyl (C=O) groups excluding carboxylic acids is 4. The van der Waals surface area contributed by atoms with Gasteiger partial charge in [-0.25, -0.2) is 0 Å². The molecule has 8 N–H and O–H groups in total. The number of aliphatic carboxylic acids is 1. The second kappa shape index (κ2) is 22.1. The molecule has 1 heterocycles. The average Bonchev–Trinajstić information content (AvgIpc) is 3.31. The first-order chi connectivity index (χ1) is 18.7. The van der Waals surface area contributed by atoms with Crippen molar-refractivity contribution in [1.82, 2.24) is 0 Å². The third kappa shape index (κ3) is 18.9. The van der Waals surface area contributed by atoms with E-state index in [2.05, 4.69) is 22.2 Å². The number of cyclic esters (lactones) is 2. The third-order valence-corrected chi connectivity index (χ3v) is 4.88. The standard InChI is InChI=1S/C11H13NO2.C8H11N.C5H12N2O2.C4H4O3/c1-2-3-11(14)12-10-6-4-9(8-13)5-7-10;9-7-6-8-4-2-1-3-5-8;6-3-1-2-4(7)5(8)9;5-3-1-2-4(6)7-3/h4-8H,2-3H2,1H3,(H,12,14);1-5H,6-7,9H2;4H,1-3,6-7H2,(H,8,9);1-2H2/t;;4-;/m..0./s1. The Morgan fingerprint density at radius 1 is 1.00 bits per heavy atom. The minimum Gasteiger partial charge on any atom is -0.480 e. The summed E-state index contributed by atoms with van der Waals surface area (Å²) in [6, 6.07) is 16.3. The van der Waals surface area contributed by atoms with Crippen molar-refractivity contribution in [2.75, 3.05) is 18.4 Å². The summed E-state index contributed by atoms with van der Waals surface area (Å²) in [4.78, 5) is 51.6. The molecule has 11 nitrogen and oxygen atoms in total. The van der Waals surface area contributed by atoms with E-state index in [0.717, 1.165) is 31.4 Å². The molecule has 1 fully saturated rings. The SMILES string of the molecule is CCCC(=O)Nc1ccc(C=O)cc1.NCCC[C@H](N)C(=O)O.NCCc1ccccc1.O=C1CCC(=O)O1. The summed E-state index contributed by atoms with van der Waals surface area (Å²) in [5.41, 5.74) is 18.3. The number of benzene rings is 2. The highest BCUT2D eigenvalue weighted by molar-refractivity contribution is 5.92. The van der Waals surface area contributed by atoms with Crippen molar-refractivity contribution in [3.8, 4) is 0 Å². The van der Waals surface area contributed by atoms with E-state index >= 15 is 0 Å². The Labute approximate surface area is 229 Å². The molecule has 1 saturated heterocycles. The highest BCUT2D eigenvalue weighted by atomic mass is 16.6. The van der Waals surface area contributed by atoms with E-state index in [1.54, 1.807) is 24.3 Å². The summed E-state index contributed by atoms with van der Waals surface area (Å²) < 4.78 is 4.08. The maximum atomic E-state index is 11.2. The lowest BCUT2D eigenvalue weighted by atomic mass is 10.2. The molecule has 2 aromatic rings. The molecule has 1 amide bonds. The molecule has 39 heavy (non-hydrogen) atoms. The molecule has 0 saturated carbocycles. The molecule has 1 aliphatic rings. The maximum absolute atomic E-state index is 11.2. The second-order valence-electron chi connectivity index (χ2n) is 8.28. The van der Waals surface area contributed by atoms with Crippen LogP contribution >= 0.6 is 0 Å². The highest BCUT2D eigenvalue weighted by Crippen LogP contribution is 2.08. The Morgan fingerprint density at radius 3 is 2.00 bits per heavy atom. The van der Waals surface area contributed by atoms with E-state index < -0.39 is 23.9 Å². The van der Waals surface area contributed by atoms with Crippen LogP contribution in [0.5, 0.6) is 0 Å². The lowest BCUT2D eigenvalue weighted by molar-refractivity contribution is -0.152. The van der Waals surface area contributed by atoms with E-state index in [9.17, 15) is 24.0 Å². The number of rotatable bonds is 10. The molecule has 1 aliphatic heterocycles. The zero-order chi connectivity index (χ0) is 29.5. The summed E-state index contributed by atoms with van der Waals surface area (Å²) in [5, 5.41) is 11.0. The Hall–Kier alpha value is -3.93. The zero-order valence-corrected chi connectivity index (χ0v) is 22.3. The average molecular weight is 545 g/mol. The molecular formula is C28H40N4O7. The quantitative estimate of drug-likeness (QED) is 0.168. The highest BCUT2D eigenvalue weighted by Gasteiger charge is 2.19. The van der Waals surface area contributed by atoms with Crippen LogP contribution in [0.25, 0.3) is 0 Å². The third-order valence-electron chi connectivity index (χ3n) is 4.88.